The summed E-state index contributed by atoms with van der Waals surface area (Å²) < 4.78 is 0. The smallest absolute Gasteiger partial charge is 0.0152 e. The summed E-state index contributed by atoms with van der Waals surface area (Å²) in [5.41, 5.74) is 0. The molecule has 0 atom stereocenters. The van der Waals surface area contributed by atoms with E-state index < -0.39 is 0 Å². The van der Waals surface area contributed by atoms with Crippen LogP contribution in [0, 0.1) is 23.7 Å². The van der Waals surface area contributed by atoms with Crippen molar-refractivity contribution in [1.29, 1.82) is 0 Å². The van der Waals surface area contributed by atoms with Crippen molar-refractivity contribution in [2.75, 3.05) is 26.2 Å². The van der Waals surface area contributed by atoms with Gasteiger partial charge in [-0.2, -0.15) is 0 Å². The first-order valence-electron chi connectivity index (χ1n) is 10.3. The van der Waals surface area contributed by atoms with Crippen LogP contribution in [0.3, 0.4) is 0 Å². The van der Waals surface area contributed by atoms with Gasteiger partial charge in [0.25, 0.3) is 0 Å². The summed E-state index contributed by atoms with van der Waals surface area (Å²) in [6, 6.07) is 1.92. The summed E-state index contributed by atoms with van der Waals surface area (Å²) >= 11 is 0. The molecule has 0 aromatic heterocycles. The number of hydrogen-bond acceptors (Lipinski definition) is 2. The molecule has 4 bridgehead atoms. The van der Waals surface area contributed by atoms with E-state index >= 15 is 0 Å². The van der Waals surface area contributed by atoms with Gasteiger partial charge in [-0.1, -0.05) is 6.42 Å². The Bertz CT molecular complexity index is 365. The van der Waals surface area contributed by atoms with Crippen LogP contribution >= 0.6 is 0 Å². The summed E-state index contributed by atoms with van der Waals surface area (Å²) in [4.78, 5) is 5.80. The second-order valence-corrected chi connectivity index (χ2v) is 9.29. The number of hydrogen-bond donors (Lipinski definition) is 0. The molecule has 2 heterocycles. The van der Waals surface area contributed by atoms with Crippen molar-refractivity contribution in [2.24, 2.45) is 23.7 Å². The van der Waals surface area contributed by atoms with Crippen molar-refractivity contribution >= 4 is 0 Å². The Labute approximate surface area is 136 Å². The highest BCUT2D eigenvalue weighted by Crippen LogP contribution is 2.55. The van der Waals surface area contributed by atoms with Gasteiger partial charge in [0, 0.05) is 12.1 Å². The average Bonchev–Trinajstić information content (AvgIpc) is 2.55. The molecule has 124 valence electrons. The Morgan fingerprint density at radius 1 is 0.545 bits per heavy atom. The molecule has 0 spiro atoms. The summed E-state index contributed by atoms with van der Waals surface area (Å²) in [7, 11) is 0. The van der Waals surface area contributed by atoms with E-state index in [1.165, 1.54) is 58.3 Å². The Morgan fingerprint density at radius 3 is 1.73 bits per heavy atom. The highest BCUT2D eigenvalue weighted by molar-refractivity contribution is 5.03. The maximum absolute atomic E-state index is 2.97. The van der Waals surface area contributed by atoms with E-state index in [1.54, 1.807) is 32.1 Å². The van der Waals surface area contributed by atoms with Gasteiger partial charge >= 0.3 is 0 Å². The van der Waals surface area contributed by atoms with Crippen LogP contribution in [0.2, 0.25) is 0 Å². The molecule has 6 aliphatic rings. The Hall–Kier alpha value is -0.0800. The fraction of sp³-hybridized carbons (Fsp3) is 1.00. The Kier molecular flexibility index (Phi) is 3.75. The maximum atomic E-state index is 2.97. The molecule has 0 aromatic rings. The van der Waals surface area contributed by atoms with Crippen molar-refractivity contribution in [3.63, 3.8) is 0 Å². The van der Waals surface area contributed by atoms with E-state index in [1.807, 2.05) is 0 Å². The molecule has 0 aromatic carbocycles. The summed E-state index contributed by atoms with van der Waals surface area (Å²) in [5, 5.41) is 0. The lowest BCUT2D eigenvalue weighted by Gasteiger charge is -2.58. The Balaban J connectivity index is 1.21. The van der Waals surface area contributed by atoms with E-state index in [0.29, 0.717) is 0 Å². The minimum Gasteiger partial charge on any atom is -0.300 e. The van der Waals surface area contributed by atoms with Crippen molar-refractivity contribution < 1.29 is 0 Å². The zero-order valence-electron chi connectivity index (χ0n) is 14.3. The number of nitrogens with zero attached hydrogens (tertiary/aromatic N) is 2. The third-order valence-corrected chi connectivity index (χ3v) is 8.00. The predicted octanol–water partition coefficient (Wildman–Crippen LogP) is 3.76. The second-order valence-electron chi connectivity index (χ2n) is 9.29. The molecule has 0 radical (unpaired) electrons. The SMILES string of the molecule is C1CCN(C2CCN(C3C4CC5CC(C4)CC3C5)CC2)CC1. The van der Waals surface area contributed by atoms with Gasteiger partial charge in [-0.15, -0.1) is 0 Å². The standard InChI is InChI=1S/C20H34N2/c1-2-6-21(7-3-1)19-4-8-22(9-5-19)20-17-11-15-10-16(13-17)14-18(20)12-15/h15-20H,1-14H2. The normalized spacial score (nSPS) is 47.2. The first-order chi connectivity index (χ1) is 10.9. The maximum Gasteiger partial charge on any atom is 0.0152 e. The van der Waals surface area contributed by atoms with Crippen molar-refractivity contribution in [2.45, 2.75) is 76.3 Å². The predicted molar refractivity (Wildman–Crippen MR) is 90.9 cm³/mol. The molecule has 2 heteroatoms. The zero-order chi connectivity index (χ0) is 14.5. The third-order valence-electron chi connectivity index (χ3n) is 8.00. The number of rotatable bonds is 2. The molecule has 0 unspecified atom stereocenters. The molecule has 2 aliphatic heterocycles. The van der Waals surface area contributed by atoms with Gasteiger partial charge in [-0.05, 0) is 108 Å². The molecule has 22 heavy (non-hydrogen) atoms. The molecule has 6 rings (SSSR count). The topological polar surface area (TPSA) is 6.48 Å². The minimum absolute atomic E-state index is 0.924. The second kappa shape index (κ2) is 5.77. The summed E-state index contributed by atoms with van der Waals surface area (Å²) in [6.45, 7) is 5.60. The van der Waals surface area contributed by atoms with Gasteiger partial charge in [-0.3, -0.25) is 4.90 Å². The lowest BCUT2D eigenvalue weighted by molar-refractivity contribution is -0.0762. The van der Waals surface area contributed by atoms with E-state index in [0.717, 1.165) is 35.8 Å². The Morgan fingerprint density at radius 2 is 1.14 bits per heavy atom. The van der Waals surface area contributed by atoms with Crippen LogP contribution < -0.4 is 0 Å². The van der Waals surface area contributed by atoms with E-state index in [4.69, 9.17) is 0 Å². The first-order valence-corrected chi connectivity index (χ1v) is 10.3. The van der Waals surface area contributed by atoms with E-state index in [9.17, 15) is 0 Å². The minimum atomic E-state index is 0.924. The van der Waals surface area contributed by atoms with E-state index in [2.05, 4.69) is 9.80 Å². The molecule has 2 nitrogen and oxygen atoms in total. The van der Waals surface area contributed by atoms with Gasteiger partial charge in [0.2, 0.25) is 0 Å². The van der Waals surface area contributed by atoms with Gasteiger partial charge in [0.15, 0.2) is 0 Å². The summed E-state index contributed by atoms with van der Waals surface area (Å²) in [5.74, 6) is 4.43. The van der Waals surface area contributed by atoms with Crippen LogP contribution in [0.15, 0.2) is 0 Å². The van der Waals surface area contributed by atoms with Gasteiger partial charge in [-0.25, -0.2) is 0 Å². The fourth-order valence-electron chi connectivity index (χ4n) is 7.33. The third kappa shape index (κ3) is 2.45. The zero-order valence-corrected chi connectivity index (χ0v) is 14.3. The molecular weight excluding hydrogens is 268 g/mol. The van der Waals surface area contributed by atoms with Crippen molar-refractivity contribution in [3.05, 3.63) is 0 Å². The molecule has 0 amide bonds. The molecule has 4 saturated carbocycles. The van der Waals surface area contributed by atoms with Gasteiger partial charge < -0.3 is 4.90 Å². The highest BCUT2D eigenvalue weighted by Gasteiger charge is 2.50. The van der Waals surface area contributed by atoms with Crippen LogP contribution in [0.25, 0.3) is 0 Å². The average molecular weight is 303 g/mol. The van der Waals surface area contributed by atoms with Gasteiger partial charge in [0.1, 0.15) is 0 Å². The lowest BCUT2D eigenvalue weighted by atomic mass is 9.53. The fourth-order valence-corrected chi connectivity index (χ4v) is 7.33. The number of likely N-dealkylation sites (tertiary alicyclic amines) is 2. The molecule has 6 fully saturated rings. The first kappa shape index (κ1) is 14.3. The van der Waals surface area contributed by atoms with Crippen LogP contribution in [0.4, 0.5) is 0 Å². The molecule has 2 saturated heterocycles. The molecule has 4 aliphatic carbocycles. The highest BCUT2D eigenvalue weighted by atomic mass is 15.2. The molecular formula is C20H34N2. The van der Waals surface area contributed by atoms with E-state index in [-0.39, 0.29) is 0 Å². The molecule has 0 N–H and O–H groups in total. The quantitative estimate of drug-likeness (QED) is 0.766. The van der Waals surface area contributed by atoms with Crippen LogP contribution in [0.5, 0.6) is 0 Å². The van der Waals surface area contributed by atoms with Crippen molar-refractivity contribution in [3.8, 4) is 0 Å². The van der Waals surface area contributed by atoms with Crippen LogP contribution in [-0.4, -0.2) is 48.1 Å². The largest absolute Gasteiger partial charge is 0.300 e. The van der Waals surface area contributed by atoms with Crippen LogP contribution in [0.1, 0.15) is 64.2 Å². The monoisotopic (exact) mass is 302 g/mol. The summed E-state index contributed by atoms with van der Waals surface area (Å²) in [6.07, 6.45) is 15.2. The van der Waals surface area contributed by atoms with Crippen molar-refractivity contribution in [1.82, 2.24) is 9.80 Å². The van der Waals surface area contributed by atoms with Crippen LogP contribution in [-0.2, 0) is 0 Å². The lowest BCUT2D eigenvalue weighted by Crippen LogP contribution is -2.58. The number of piperidine rings is 2. The van der Waals surface area contributed by atoms with Gasteiger partial charge in [0.05, 0.1) is 0 Å².